The van der Waals surface area contributed by atoms with Gasteiger partial charge in [0.05, 0.1) is 11.5 Å². The number of aromatic hydroxyl groups is 1. The van der Waals surface area contributed by atoms with Crippen LogP contribution in [0.15, 0.2) is 50.7 Å². The molecule has 5 nitrogen and oxygen atoms in total. The van der Waals surface area contributed by atoms with E-state index in [1.165, 1.54) is 11.1 Å². The van der Waals surface area contributed by atoms with Gasteiger partial charge in [-0.3, -0.25) is 0 Å². The minimum atomic E-state index is -0.724. The molecule has 0 bridgehead atoms. The first-order valence-corrected chi connectivity index (χ1v) is 9.16. The van der Waals surface area contributed by atoms with Crippen molar-refractivity contribution in [3.8, 4) is 17.2 Å². The summed E-state index contributed by atoms with van der Waals surface area (Å²) in [7, 11) is 0. The van der Waals surface area contributed by atoms with E-state index in [1.54, 1.807) is 32.0 Å². The van der Waals surface area contributed by atoms with Crippen LogP contribution in [-0.2, 0) is 0 Å². The molecule has 0 saturated carbocycles. The lowest BCUT2D eigenvalue weighted by Crippen LogP contribution is -2.13. The molecule has 0 aliphatic carbocycles. The third-order valence-corrected chi connectivity index (χ3v) is 3.94. The third kappa shape index (κ3) is 5.64. The Kier molecular flexibility index (Phi) is 7.11. The number of fused-ring (bicyclic) bond motifs is 1. The normalized spacial score (nSPS) is 11.7. The summed E-state index contributed by atoms with van der Waals surface area (Å²) in [6.45, 7) is 10.1. The maximum absolute atomic E-state index is 12.2. The van der Waals surface area contributed by atoms with E-state index in [4.69, 9.17) is 13.9 Å². The van der Waals surface area contributed by atoms with Crippen molar-refractivity contribution in [3.05, 3.63) is 51.9 Å². The summed E-state index contributed by atoms with van der Waals surface area (Å²) in [6.07, 6.45) is 5.93. The minimum Gasteiger partial charge on any atom is -0.504 e. The Morgan fingerprint density at radius 1 is 1.22 bits per heavy atom. The number of allylic oxidation sites excluding steroid dienone is 3. The fourth-order valence-corrected chi connectivity index (χ4v) is 2.58. The lowest BCUT2D eigenvalue weighted by molar-refractivity contribution is 0.221. The van der Waals surface area contributed by atoms with Gasteiger partial charge in [0.2, 0.25) is 5.75 Å². The second-order valence-electron chi connectivity index (χ2n) is 7.05. The SMILES string of the molecule is CC(C)=CCC/C(C)=C/COc1cccc2c(O)c(OC(C)C)c(=O)oc12. The first-order valence-electron chi connectivity index (χ1n) is 9.16. The molecule has 0 atom stereocenters. The Morgan fingerprint density at radius 3 is 2.63 bits per heavy atom. The molecule has 27 heavy (non-hydrogen) atoms. The Labute approximate surface area is 159 Å². The molecule has 1 N–H and O–H groups in total. The summed E-state index contributed by atoms with van der Waals surface area (Å²) in [4.78, 5) is 12.2. The van der Waals surface area contributed by atoms with Crippen molar-refractivity contribution < 1.29 is 19.0 Å². The van der Waals surface area contributed by atoms with E-state index < -0.39 is 5.63 Å². The van der Waals surface area contributed by atoms with Gasteiger partial charge in [-0.25, -0.2) is 4.79 Å². The molecule has 0 amide bonds. The van der Waals surface area contributed by atoms with E-state index in [2.05, 4.69) is 26.8 Å². The van der Waals surface area contributed by atoms with Crippen LogP contribution in [-0.4, -0.2) is 17.8 Å². The van der Waals surface area contributed by atoms with Gasteiger partial charge in [-0.2, -0.15) is 0 Å². The molecule has 1 aromatic carbocycles. The minimum absolute atomic E-state index is 0.176. The van der Waals surface area contributed by atoms with Gasteiger partial charge in [-0.05, 0) is 65.7 Å². The number of ether oxygens (including phenoxy) is 2. The molecular formula is C22H28O5. The zero-order valence-electron chi connectivity index (χ0n) is 16.7. The van der Waals surface area contributed by atoms with Crippen molar-refractivity contribution in [2.45, 2.75) is 53.6 Å². The molecule has 2 rings (SSSR count). The first-order chi connectivity index (χ1) is 12.8. The van der Waals surface area contributed by atoms with Gasteiger partial charge in [0, 0.05) is 0 Å². The summed E-state index contributed by atoms with van der Waals surface area (Å²) in [5.74, 6) is 0.00264. The molecule has 1 heterocycles. The highest BCUT2D eigenvalue weighted by atomic mass is 16.5. The number of hydrogen-bond donors (Lipinski definition) is 1. The zero-order chi connectivity index (χ0) is 20.0. The first kappa shape index (κ1) is 20.6. The van der Waals surface area contributed by atoms with E-state index in [0.29, 0.717) is 17.7 Å². The lowest BCUT2D eigenvalue weighted by atomic mass is 10.1. The monoisotopic (exact) mass is 372 g/mol. The second-order valence-corrected chi connectivity index (χ2v) is 7.05. The number of para-hydroxylation sites is 1. The third-order valence-electron chi connectivity index (χ3n) is 3.94. The average Bonchev–Trinajstić information content (AvgIpc) is 2.58. The Hall–Kier alpha value is -2.69. The molecule has 5 heteroatoms. The van der Waals surface area contributed by atoms with Crippen molar-refractivity contribution in [2.24, 2.45) is 0 Å². The molecule has 0 aliphatic rings. The molecule has 0 radical (unpaired) electrons. The van der Waals surface area contributed by atoms with E-state index in [9.17, 15) is 9.90 Å². The van der Waals surface area contributed by atoms with E-state index in [0.717, 1.165) is 12.8 Å². The van der Waals surface area contributed by atoms with Crippen molar-refractivity contribution >= 4 is 11.0 Å². The molecule has 0 spiro atoms. The van der Waals surface area contributed by atoms with E-state index in [-0.39, 0.29) is 23.2 Å². The molecule has 1 aromatic heterocycles. The Bertz CT molecular complexity index is 899. The number of benzene rings is 1. The van der Waals surface area contributed by atoms with Gasteiger partial charge in [0.1, 0.15) is 6.61 Å². The quantitative estimate of drug-likeness (QED) is 0.499. The molecule has 146 valence electrons. The smallest absolute Gasteiger partial charge is 0.383 e. The number of rotatable bonds is 8. The van der Waals surface area contributed by atoms with E-state index >= 15 is 0 Å². The Morgan fingerprint density at radius 2 is 1.96 bits per heavy atom. The van der Waals surface area contributed by atoms with Gasteiger partial charge in [0.15, 0.2) is 17.1 Å². The summed E-state index contributed by atoms with van der Waals surface area (Å²) < 4.78 is 16.5. The highest BCUT2D eigenvalue weighted by molar-refractivity contribution is 5.89. The van der Waals surface area contributed by atoms with Gasteiger partial charge in [-0.1, -0.05) is 23.3 Å². The zero-order valence-corrected chi connectivity index (χ0v) is 16.7. The van der Waals surface area contributed by atoms with Crippen LogP contribution in [0.3, 0.4) is 0 Å². The number of hydrogen-bond acceptors (Lipinski definition) is 5. The fraction of sp³-hybridized carbons (Fsp3) is 0.409. The Balaban J connectivity index is 2.20. The predicted molar refractivity (Wildman–Crippen MR) is 108 cm³/mol. The predicted octanol–water partition coefficient (Wildman–Crippen LogP) is 5.36. The average molecular weight is 372 g/mol. The summed E-state index contributed by atoms with van der Waals surface area (Å²) in [6, 6.07) is 5.11. The summed E-state index contributed by atoms with van der Waals surface area (Å²) >= 11 is 0. The van der Waals surface area contributed by atoms with Crippen LogP contribution in [0.5, 0.6) is 17.2 Å². The molecule has 0 saturated heterocycles. The van der Waals surface area contributed by atoms with Crippen LogP contribution >= 0.6 is 0 Å². The van der Waals surface area contributed by atoms with E-state index in [1.807, 2.05) is 6.08 Å². The molecule has 0 aliphatic heterocycles. The standard InChI is InChI=1S/C22H28O5/c1-14(2)8-6-9-16(5)12-13-25-18-11-7-10-17-19(23)21(26-15(3)4)22(24)27-20(17)18/h7-8,10-12,15,23H,6,9,13H2,1-5H3/b16-12+. The van der Waals surface area contributed by atoms with Crippen LogP contribution < -0.4 is 15.1 Å². The summed E-state index contributed by atoms with van der Waals surface area (Å²) in [5, 5.41) is 10.8. The van der Waals surface area contributed by atoms with Crippen molar-refractivity contribution in [2.75, 3.05) is 6.61 Å². The van der Waals surface area contributed by atoms with Crippen molar-refractivity contribution in [1.82, 2.24) is 0 Å². The second kappa shape index (κ2) is 9.31. The van der Waals surface area contributed by atoms with Crippen LogP contribution in [0.2, 0.25) is 0 Å². The van der Waals surface area contributed by atoms with Crippen LogP contribution in [0.4, 0.5) is 0 Å². The van der Waals surface area contributed by atoms with Gasteiger partial charge in [-0.15, -0.1) is 0 Å². The summed E-state index contributed by atoms with van der Waals surface area (Å²) in [5.41, 5.74) is 2.03. The lowest BCUT2D eigenvalue weighted by Gasteiger charge is -2.12. The highest BCUT2D eigenvalue weighted by Crippen LogP contribution is 2.36. The topological polar surface area (TPSA) is 68.9 Å². The largest absolute Gasteiger partial charge is 0.504 e. The fourth-order valence-electron chi connectivity index (χ4n) is 2.58. The molecule has 0 fully saturated rings. The van der Waals surface area contributed by atoms with Crippen LogP contribution in [0.1, 0.15) is 47.5 Å². The maximum Gasteiger partial charge on any atom is 0.383 e. The van der Waals surface area contributed by atoms with Crippen molar-refractivity contribution in [3.63, 3.8) is 0 Å². The molecule has 0 unspecified atom stereocenters. The van der Waals surface area contributed by atoms with Gasteiger partial charge < -0.3 is 19.0 Å². The maximum atomic E-state index is 12.2. The van der Waals surface area contributed by atoms with Crippen molar-refractivity contribution in [1.29, 1.82) is 0 Å². The molecular weight excluding hydrogens is 344 g/mol. The van der Waals surface area contributed by atoms with Crippen LogP contribution in [0, 0.1) is 0 Å². The molecule has 2 aromatic rings. The van der Waals surface area contributed by atoms with Crippen LogP contribution in [0.25, 0.3) is 11.0 Å². The van der Waals surface area contributed by atoms with Gasteiger partial charge >= 0.3 is 5.63 Å². The van der Waals surface area contributed by atoms with Gasteiger partial charge in [0.25, 0.3) is 0 Å². The highest BCUT2D eigenvalue weighted by Gasteiger charge is 2.18.